The van der Waals surface area contributed by atoms with E-state index >= 15 is 0 Å². The summed E-state index contributed by atoms with van der Waals surface area (Å²) in [5.74, 6) is 0.274. The average Bonchev–Trinajstić information content (AvgIpc) is 2.85. The minimum absolute atomic E-state index is 0.0532. The van der Waals surface area contributed by atoms with Crippen LogP contribution in [0.4, 0.5) is 5.69 Å². The molecule has 0 aliphatic rings. The SMILES string of the molecule is COc1ccc(NCCNC(=O)C(CCNC(=O)c2cccc(C)c2)c2ccccc2)cc1. The lowest BCUT2D eigenvalue weighted by Gasteiger charge is -2.18. The van der Waals surface area contributed by atoms with E-state index in [1.807, 2.05) is 79.7 Å². The van der Waals surface area contributed by atoms with Gasteiger partial charge in [0.1, 0.15) is 5.75 Å². The molecule has 172 valence electrons. The Labute approximate surface area is 195 Å². The first kappa shape index (κ1) is 23.9. The number of nitrogens with one attached hydrogen (secondary N) is 3. The Kier molecular flexibility index (Phi) is 8.88. The molecular formula is C27H31N3O3. The van der Waals surface area contributed by atoms with Gasteiger partial charge in [-0.25, -0.2) is 0 Å². The van der Waals surface area contributed by atoms with E-state index in [2.05, 4.69) is 16.0 Å². The number of anilines is 1. The van der Waals surface area contributed by atoms with E-state index in [4.69, 9.17) is 4.74 Å². The van der Waals surface area contributed by atoms with Crippen molar-refractivity contribution in [2.75, 3.05) is 32.1 Å². The standard InChI is InChI=1S/C27H31N3O3/c1-20-7-6-10-22(19-20)26(31)29-16-15-25(21-8-4-3-5-9-21)27(32)30-18-17-28-23-11-13-24(33-2)14-12-23/h3-14,19,25,28H,15-18H2,1-2H3,(H,29,31)(H,30,32). The lowest BCUT2D eigenvalue weighted by molar-refractivity contribution is -0.122. The van der Waals surface area contributed by atoms with Gasteiger partial charge in [-0.05, 0) is 55.3 Å². The predicted octanol–water partition coefficient (Wildman–Crippen LogP) is 4.14. The van der Waals surface area contributed by atoms with Crippen LogP contribution >= 0.6 is 0 Å². The highest BCUT2D eigenvalue weighted by atomic mass is 16.5. The van der Waals surface area contributed by atoms with Crippen molar-refractivity contribution in [1.82, 2.24) is 10.6 Å². The van der Waals surface area contributed by atoms with Crippen molar-refractivity contribution >= 4 is 17.5 Å². The molecule has 0 spiro atoms. The molecule has 1 unspecified atom stereocenters. The van der Waals surface area contributed by atoms with E-state index in [9.17, 15) is 9.59 Å². The maximum atomic E-state index is 13.0. The minimum atomic E-state index is -0.343. The Morgan fingerprint density at radius 1 is 0.848 bits per heavy atom. The normalized spacial score (nSPS) is 11.3. The van der Waals surface area contributed by atoms with Crippen molar-refractivity contribution < 1.29 is 14.3 Å². The van der Waals surface area contributed by atoms with Crippen LogP contribution in [0.3, 0.4) is 0 Å². The first-order valence-corrected chi connectivity index (χ1v) is 11.1. The molecule has 0 fully saturated rings. The van der Waals surface area contributed by atoms with Crippen LogP contribution in [0.1, 0.15) is 33.8 Å². The Morgan fingerprint density at radius 2 is 1.61 bits per heavy atom. The van der Waals surface area contributed by atoms with E-state index in [1.165, 1.54) is 0 Å². The zero-order valence-electron chi connectivity index (χ0n) is 19.1. The van der Waals surface area contributed by atoms with Crippen molar-refractivity contribution in [3.63, 3.8) is 0 Å². The number of hydrogen-bond donors (Lipinski definition) is 3. The van der Waals surface area contributed by atoms with Crippen molar-refractivity contribution in [2.24, 2.45) is 0 Å². The second kappa shape index (κ2) is 12.3. The van der Waals surface area contributed by atoms with Gasteiger partial charge in [0.05, 0.1) is 13.0 Å². The van der Waals surface area contributed by atoms with Gasteiger partial charge in [0.25, 0.3) is 5.91 Å². The van der Waals surface area contributed by atoms with Crippen LogP contribution < -0.4 is 20.7 Å². The Hall–Kier alpha value is -3.80. The van der Waals surface area contributed by atoms with Crippen LogP contribution in [0.2, 0.25) is 0 Å². The van der Waals surface area contributed by atoms with Crippen LogP contribution in [0.5, 0.6) is 5.75 Å². The highest BCUT2D eigenvalue weighted by molar-refractivity contribution is 5.94. The van der Waals surface area contributed by atoms with Gasteiger partial charge < -0.3 is 20.7 Å². The van der Waals surface area contributed by atoms with E-state index in [0.29, 0.717) is 31.6 Å². The molecule has 3 rings (SSSR count). The topological polar surface area (TPSA) is 79.5 Å². The van der Waals surface area contributed by atoms with E-state index in [0.717, 1.165) is 22.6 Å². The van der Waals surface area contributed by atoms with Crippen molar-refractivity contribution in [3.8, 4) is 5.75 Å². The van der Waals surface area contributed by atoms with Crippen LogP contribution in [-0.4, -0.2) is 38.6 Å². The fourth-order valence-electron chi connectivity index (χ4n) is 3.58. The zero-order valence-corrected chi connectivity index (χ0v) is 19.1. The Morgan fingerprint density at radius 3 is 2.30 bits per heavy atom. The smallest absolute Gasteiger partial charge is 0.251 e. The monoisotopic (exact) mass is 445 g/mol. The number of ether oxygens (including phenoxy) is 1. The molecule has 0 bridgehead atoms. The highest BCUT2D eigenvalue weighted by Crippen LogP contribution is 2.19. The third-order valence-corrected chi connectivity index (χ3v) is 5.36. The van der Waals surface area contributed by atoms with E-state index < -0.39 is 0 Å². The van der Waals surface area contributed by atoms with Crippen molar-refractivity contribution in [3.05, 3.63) is 95.6 Å². The fourth-order valence-corrected chi connectivity index (χ4v) is 3.58. The molecule has 6 heteroatoms. The number of benzene rings is 3. The summed E-state index contributed by atoms with van der Waals surface area (Å²) in [4.78, 5) is 25.4. The third-order valence-electron chi connectivity index (χ3n) is 5.36. The van der Waals surface area contributed by atoms with Gasteiger partial charge in [-0.15, -0.1) is 0 Å². The summed E-state index contributed by atoms with van der Waals surface area (Å²) < 4.78 is 5.16. The Bertz CT molecular complexity index is 1040. The largest absolute Gasteiger partial charge is 0.497 e. The molecular weight excluding hydrogens is 414 g/mol. The number of amides is 2. The molecule has 1 atom stereocenters. The molecule has 33 heavy (non-hydrogen) atoms. The van der Waals surface area contributed by atoms with Gasteiger partial charge in [0.15, 0.2) is 0 Å². The predicted molar refractivity (Wildman–Crippen MR) is 132 cm³/mol. The van der Waals surface area contributed by atoms with Crippen LogP contribution in [0, 0.1) is 6.92 Å². The lowest BCUT2D eigenvalue weighted by atomic mass is 9.94. The number of carbonyl (C=O) groups is 2. The van der Waals surface area contributed by atoms with E-state index in [-0.39, 0.29) is 17.7 Å². The number of hydrogen-bond acceptors (Lipinski definition) is 4. The molecule has 0 aliphatic heterocycles. The van der Waals surface area contributed by atoms with Gasteiger partial charge in [-0.2, -0.15) is 0 Å². The van der Waals surface area contributed by atoms with Crippen LogP contribution in [-0.2, 0) is 4.79 Å². The van der Waals surface area contributed by atoms with Gasteiger partial charge >= 0.3 is 0 Å². The first-order chi connectivity index (χ1) is 16.1. The second-order valence-corrected chi connectivity index (χ2v) is 7.82. The zero-order chi connectivity index (χ0) is 23.5. The lowest BCUT2D eigenvalue weighted by Crippen LogP contribution is -2.35. The summed E-state index contributed by atoms with van der Waals surface area (Å²) >= 11 is 0. The summed E-state index contributed by atoms with van der Waals surface area (Å²) in [6, 6.07) is 24.8. The Balaban J connectivity index is 1.51. The maximum Gasteiger partial charge on any atom is 0.251 e. The average molecular weight is 446 g/mol. The van der Waals surface area contributed by atoms with Crippen LogP contribution in [0.25, 0.3) is 0 Å². The fraction of sp³-hybridized carbons (Fsp3) is 0.259. The molecule has 0 aliphatic carbocycles. The van der Waals surface area contributed by atoms with Crippen molar-refractivity contribution in [1.29, 1.82) is 0 Å². The van der Waals surface area contributed by atoms with Gasteiger partial charge in [0, 0.05) is 30.9 Å². The van der Waals surface area contributed by atoms with E-state index in [1.54, 1.807) is 13.2 Å². The van der Waals surface area contributed by atoms with Crippen molar-refractivity contribution in [2.45, 2.75) is 19.3 Å². The maximum absolute atomic E-state index is 13.0. The number of rotatable bonds is 11. The van der Waals surface area contributed by atoms with Gasteiger partial charge in [0.2, 0.25) is 5.91 Å². The molecule has 2 amide bonds. The highest BCUT2D eigenvalue weighted by Gasteiger charge is 2.20. The minimum Gasteiger partial charge on any atom is -0.497 e. The summed E-state index contributed by atoms with van der Waals surface area (Å²) in [5, 5.41) is 9.23. The number of methoxy groups -OCH3 is 1. The molecule has 6 nitrogen and oxygen atoms in total. The summed E-state index contributed by atoms with van der Waals surface area (Å²) in [6.07, 6.45) is 0.513. The molecule has 0 saturated heterocycles. The van der Waals surface area contributed by atoms with Gasteiger partial charge in [-0.3, -0.25) is 9.59 Å². The molecule has 3 aromatic carbocycles. The van der Waals surface area contributed by atoms with Crippen LogP contribution in [0.15, 0.2) is 78.9 Å². The second-order valence-electron chi connectivity index (χ2n) is 7.82. The molecule has 0 heterocycles. The molecule has 0 aromatic heterocycles. The molecule has 3 N–H and O–H groups in total. The molecule has 0 saturated carbocycles. The third kappa shape index (κ3) is 7.38. The molecule has 3 aromatic rings. The number of aryl methyl sites for hydroxylation is 1. The molecule has 0 radical (unpaired) electrons. The number of carbonyl (C=O) groups excluding carboxylic acids is 2. The van der Waals surface area contributed by atoms with Gasteiger partial charge in [-0.1, -0.05) is 48.0 Å². The summed E-state index contributed by atoms with van der Waals surface area (Å²) in [6.45, 7) is 3.45. The first-order valence-electron chi connectivity index (χ1n) is 11.1. The quantitative estimate of drug-likeness (QED) is 0.388. The summed E-state index contributed by atoms with van der Waals surface area (Å²) in [5.41, 5.74) is 3.55. The summed E-state index contributed by atoms with van der Waals surface area (Å²) in [7, 11) is 1.63.